The van der Waals surface area contributed by atoms with Crippen molar-refractivity contribution < 1.29 is 23.4 Å². The summed E-state index contributed by atoms with van der Waals surface area (Å²) in [7, 11) is -2.20. The van der Waals surface area contributed by atoms with Crippen LogP contribution in [0.2, 0.25) is 0 Å². The summed E-state index contributed by atoms with van der Waals surface area (Å²) < 4.78 is 31.9. The molecule has 0 bridgehead atoms. The molecule has 0 aliphatic rings. The molecule has 0 spiro atoms. The van der Waals surface area contributed by atoms with E-state index in [9.17, 15) is 8.42 Å². The first-order chi connectivity index (χ1) is 16.9. The maximum Gasteiger partial charge on any atom is 0.243 e. The standard InChI is InChI=1S/C24H27N5O5S/c1-34-20-8-9-25-19(15-20)4-7-23-27-22-14-18(16-26-24(22)28-23)17-2-5-21(6-3-17)35(32,33)29(10-12-30)11-13-31/h2-3,5-6,8-9,14-16,30-31H,4,7,10-13H2,1H3,(H,26,27,28). The Morgan fingerprint density at radius 2 is 1.71 bits per heavy atom. The number of benzene rings is 1. The molecule has 11 heteroatoms. The van der Waals surface area contributed by atoms with E-state index >= 15 is 0 Å². The normalized spacial score (nSPS) is 11.9. The summed E-state index contributed by atoms with van der Waals surface area (Å²) in [5, 5.41) is 18.3. The van der Waals surface area contributed by atoms with Gasteiger partial charge in [-0.15, -0.1) is 0 Å². The van der Waals surface area contributed by atoms with Gasteiger partial charge >= 0.3 is 0 Å². The van der Waals surface area contributed by atoms with E-state index in [-0.39, 0.29) is 31.2 Å². The van der Waals surface area contributed by atoms with E-state index in [1.807, 2.05) is 12.1 Å². The molecule has 3 heterocycles. The summed E-state index contributed by atoms with van der Waals surface area (Å²) in [6.07, 6.45) is 4.79. The lowest BCUT2D eigenvalue weighted by atomic mass is 10.1. The highest BCUT2D eigenvalue weighted by atomic mass is 32.2. The van der Waals surface area contributed by atoms with E-state index in [1.165, 1.54) is 12.1 Å². The number of sulfonamides is 1. The zero-order valence-corrected chi connectivity index (χ0v) is 20.1. The van der Waals surface area contributed by atoms with Gasteiger partial charge in [0.05, 0.1) is 25.2 Å². The highest BCUT2D eigenvalue weighted by molar-refractivity contribution is 7.89. The SMILES string of the molecule is COc1ccnc(CCc2nc3cc(-c4ccc(S(=O)(=O)N(CCO)CCO)cc4)cnc3[nH]2)c1. The average molecular weight is 498 g/mol. The molecule has 1 aromatic carbocycles. The Morgan fingerprint density at radius 1 is 0.971 bits per heavy atom. The van der Waals surface area contributed by atoms with Crippen molar-refractivity contribution in [3.63, 3.8) is 0 Å². The fourth-order valence-corrected chi connectivity index (χ4v) is 5.15. The molecular weight excluding hydrogens is 470 g/mol. The fraction of sp³-hybridized carbons (Fsp3) is 0.292. The van der Waals surface area contributed by atoms with Gasteiger partial charge in [-0.2, -0.15) is 4.31 Å². The Labute approximate surface area is 203 Å². The minimum atomic E-state index is -3.82. The van der Waals surface area contributed by atoms with Crippen molar-refractivity contribution in [3.05, 3.63) is 66.4 Å². The Morgan fingerprint density at radius 3 is 2.40 bits per heavy atom. The number of aliphatic hydroxyl groups is 2. The molecule has 184 valence electrons. The number of nitrogens with one attached hydrogen (secondary N) is 1. The maximum atomic E-state index is 12.8. The first-order valence-corrected chi connectivity index (χ1v) is 12.5. The second kappa shape index (κ2) is 10.9. The van der Waals surface area contributed by atoms with Crippen LogP contribution in [0, 0.1) is 0 Å². The maximum absolute atomic E-state index is 12.8. The molecule has 0 aliphatic heterocycles. The van der Waals surface area contributed by atoms with Gasteiger partial charge < -0.3 is 19.9 Å². The van der Waals surface area contributed by atoms with Gasteiger partial charge in [0.2, 0.25) is 10.0 Å². The molecule has 0 radical (unpaired) electrons. The van der Waals surface area contributed by atoms with Gasteiger partial charge in [0.25, 0.3) is 0 Å². The van der Waals surface area contributed by atoms with Crippen molar-refractivity contribution in [2.45, 2.75) is 17.7 Å². The Hall–Kier alpha value is -3.38. The smallest absolute Gasteiger partial charge is 0.243 e. The minimum absolute atomic E-state index is 0.0827. The van der Waals surface area contributed by atoms with Crippen LogP contribution in [0.4, 0.5) is 0 Å². The van der Waals surface area contributed by atoms with Crippen LogP contribution >= 0.6 is 0 Å². The molecule has 0 fully saturated rings. The molecule has 35 heavy (non-hydrogen) atoms. The molecule has 4 rings (SSSR count). The van der Waals surface area contributed by atoms with Gasteiger partial charge in [0.15, 0.2) is 5.65 Å². The van der Waals surface area contributed by atoms with Crippen LogP contribution in [-0.4, -0.2) is 76.3 Å². The number of methoxy groups -OCH3 is 1. The Bertz CT molecular complexity index is 1380. The summed E-state index contributed by atoms with van der Waals surface area (Å²) in [6, 6.07) is 12.0. The van der Waals surface area contributed by atoms with Gasteiger partial charge in [-0.05, 0) is 36.2 Å². The lowest BCUT2D eigenvalue weighted by Gasteiger charge is -2.20. The third kappa shape index (κ3) is 5.65. The van der Waals surface area contributed by atoms with E-state index in [4.69, 9.17) is 14.9 Å². The van der Waals surface area contributed by atoms with E-state index in [0.29, 0.717) is 24.0 Å². The highest BCUT2D eigenvalue weighted by Gasteiger charge is 2.23. The summed E-state index contributed by atoms with van der Waals surface area (Å²) in [6.45, 7) is -0.823. The average Bonchev–Trinajstić information content (AvgIpc) is 3.30. The zero-order valence-electron chi connectivity index (χ0n) is 19.3. The number of imidazole rings is 1. The van der Waals surface area contributed by atoms with Crippen molar-refractivity contribution in [3.8, 4) is 16.9 Å². The molecule has 3 aromatic heterocycles. The molecule has 0 unspecified atom stereocenters. The molecular formula is C24H27N5O5S. The number of hydrogen-bond donors (Lipinski definition) is 3. The monoisotopic (exact) mass is 497 g/mol. The number of ether oxygens (including phenoxy) is 1. The number of aromatic nitrogens is 4. The van der Waals surface area contributed by atoms with Gasteiger partial charge in [-0.3, -0.25) is 4.98 Å². The van der Waals surface area contributed by atoms with Crippen LogP contribution in [0.25, 0.3) is 22.3 Å². The topological polar surface area (TPSA) is 142 Å². The van der Waals surface area contributed by atoms with Gasteiger partial charge in [-0.25, -0.2) is 18.4 Å². The summed E-state index contributed by atoms with van der Waals surface area (Å²) in [5.74, 6) is 1.56. The molecule has 10 nitrogen and oxygen atoms in total. The first-order valence-electron chi connectivity index (χ1n) is 11.1. The van der Waals surface area contributed by atoms with Crippen LogP contribution in [0.3, 0.4) is 0 Å². The van der Waals surface area contributed by atoms with Crippen LogP contribution in [0.1, 0.15) is 11.5 Å². The second-order valence-corrected chi connectivity index (χ2v) is 9.78. The Balaban J connectivity index is 1.51. The molecule has 4 aromatic rings. The van der Waals surface area contributed by atoms with Gasteiger partial charge in [-0.1, -0.05) is 12.1 Å². The third-order valence-corrected chi connectivity index (χ3v) is 7.46. The van der Waals surface area contributed by atoms with E-state index in [0.717, 1.165) is 32.7 Å². The highest BCUT2D eigenvalue weighted by Crippen LogP contribution is 2.25. The summed E-state index contributed by atoms with van der Waals surface area (Å²) in [5.41, 5.74) is 3.89. The number of fused-ring (bicyclic) bond motifs is 1. The van der Waals surface area contributed by atoms with Crippen molar-refractivity contribution >= 4 is 21.2 Å². The number of pyridine rings is 2. The molecule has 0 amide bonds. The molecule has 3 N–H and O–H groups in total. The van der Waals surface area contributed by atoms with E-state index in [2.05, 4.69) is 19.9 Å². The molecule has 0 saturated heterocycles. The Kier molecular flexibility index (Phi) is 7.71. The second-order valence-electron chi connectivity index (χ2n) is 7.84. The van der Waals surface area contributed by atoms with Crippen LogP contribution in [0.15, 0.2) is 59.8 Å². The van der Waals surface area contributed by atoms with Crippen LogP contribution in [-0.2, 0) is 22.9 Å². The van der Waals surface area contributed by atoms with Crippen molar-refractivity contribution in [2.24, 2.45) is 0 Å². The number of aromatic amines is 1. The number of rotatable bonds is 11. The zero-order chi connectivity index (χ0) is 24.8. The largest absolute Gasteiger partial charge is 0.497 e. The lowest BCUT2D eigenvalue weighted by Crippen LogP contribution is -2.35. The first kappa shape index (κ1) is 24.7. The number of H-pyrrole nitrogens is 1. The molecule has 0 saturated carbocycles. The number of aliphatic hydroxyl groups excluding tert-OH is 2. The van der Waals surface area contributed by atoms with Crippen LogP contribution < -0.4 is 4.74 Å². The quantitative estimate of drug-likeness (QED) is 0.285. The van der Waals surface area contributed by atoms with Crippen molar-refractivity contribution in [2.75, 3.05) is 33.4 Å². The third-order valence-electron chi connectivity index (χ3n) is 5.55. The minimum Gasteiger partial charge on any atom is -0.497 e. The fourth-order valence-electron chi connectivity index (χ4n) is 3.73. The van der Waals surface area contributed by atoms with E-state index < -0.39 is 10.0 Å². The lowest BCUT2D eigenvalue weighted by molar-refractivity contribution is 0.217. The summed E-state index contributed by atoms with van der Waals surface area (Å²) >= 11 is 0. The predicted molar refractivity (Wildman–Crippen MR) is 130 cm³/mol. The number of hydrogen-bond acceptors (Lipinski definition) is 8. The predicted octanol–water partition coefficient (Wildman–Crippen LogP) is 1.79. The molecule has 0 aliphatic carbocycles. The van der Waals surface area contributed by atoms with Gasteiger partial charge in [0, 0.05) is 49.2 Å². The van der Waals surface area contributed by atoms with Crippen molar-refractivity contribution in [1.29, 1.82) is 0 Å². The summed E-state index contributed by atoms with van der Waals surface area (Å²) in [4.78, 5) is 16.8. The number of nitrogens with zero attached hydrogens (tertiary/aromatic N) is 4. The van der Waals surface area contributed by atoms with Gasteiger partial charge in [0.1, 0.15) is 17.1 Å². The number of aryl methyl sites for hydroxylation is 2. The van der Waals surface area contributed by atoms with Crippen molar-refractivity contribution in [1.82, 2.24) is 24.2 Å². The van der Waals surface area contributed by atoms with Crippen LogP contribution in [0.5, 0.6) is 5.75 Å². The molecule has 0 atom stereocenters. The van der Waals surface area contributed by atoms with E-state index in [1.54, 1.807) is 37.7 Å².